The van der Waals surface area contributed by atoms with Gasteiger partial charge in [-0.05, 0) is 39.0 Å². The average Bonchev–Trinajstić information content (AvgIpc) is 2.75. The standard InChI is InChI=1S/C15H16N2O5/c1-15(2,3)22-14(21)17-7-10(12(16)18)9-6-8(13(19)20)4-5-11(9)17/h4-7H,1-3H3,(H2,16,18)(H,19,20). The molecule has 0 spiro atoms. The van der Waals surface area contributed by atoms with Crippen molar-refractivity contribution < 1.29 is 24.2 Å². The van der Waals surface area contributed by atoms with Crippen LogP contribution in [-0.2, 0) is 4.74 Å². The van der Waals surface area contributed by atoms with Crippen LogP contribution in [0, 0.1) is 0 Å². The van der Waals surface area contributed by atoms with Crippen molar-refractivity contribution in [2.24, 2.45) is 5.73 Å². The Morgan fingerprint density at radius 1 is 1.23 bits per heavy atom. The molecule has 0 aliphatic rings. The van der Waals surface area contributed by atoms with E-state index in [0.717, 1.165) is 4.57 Å². The molecule has 1 aromatic carbocycles. The van der Waals surface area contributed by atoms with E-state index in [1.54, 1.807) is 20.8 Å². The normalized spacial score (nSPS) is 11.4. The minimum atomic E-state index is -1.14. The molecule has 0 fully saturated rings. The van der Waals surface area contributed by atoms with Crippen molar-refractivity contribution in [3.63, 3.8) is 0 Å². The van der Waals surface area contributed by atoms with E-state index in [0.29, 0.717) is 10.9 Å². The average molecular weight is 304 g/mol. The molecule has 2 aromatic rings. The smallest absolute Gasteiger partial charge is 0.419 e. The maximum Gasteiger partial charge on any atom is 0.419 e. The molecule has 1 aromatic heterocycles. The summed E-state index contributed by atoms with van der Waals surface area (Å²) in [6.45, 7) is 5.15. The van der Waals surface area contributed by atoms with Gasteiger partial charge in [-0.1, -0.05) is 0 Å². The number of hydrogen-bond acceptors (Lipinski definition) is 4. The first-order chi connectivity index (χ1) is 10.1. The number of carbonyl (C=O) groups excluding carboxylic acids is 2. The lowest BCUT2D eigenvalue weighted by atomic mass is 10.1. The molecule has 3 N–H and O–H groups in total. The van der Waals surface area contributed by atoms with Crippen LogP contribution in [0.25, 0.3) is 10.9 Å². The summed E-state index contributed by atoms with van der Waals surface area (Å²) in [6.07, 6.45) is 0.584. The van der Waals surface area contributed by atoms with Crippen LogP contribution in [0.2, 0.25) is 0 Å². The van der Waals surface area contributed by atoms with Crippen molar-refractivity contribution in [1.29, 1.82) is 0 Å². The van der Waals surface area contributed by atoms with Crippen LogP contribution < -0.4 is 5.73 Å². The fourth-order valence-corrected chi connectivity index (χ4v) is 2.02. The second kappa shape index (κ2) is 5.18. The number of benzene rings is 1. The summed E-state index contributed by atoms with van der Waals surface area (Å²) in [4.78, 5) is 34.8. The van der Waals surface area contributed by atoms with Gasteiger partial charge in [0.05, 0.1) is 16.6 Å². The Bertz CT molecular complexity index is 783. The topological polar surface area (TPSA) is 112 Å². The Morgan fingerprint density at radius 3 is 2.36 bits per heavy atom. The molecule has 1 heterocycles. The molecule has 0 saturated heterocycles. The van der Waals surface area contributed by atoms with E-state index in [1.807, 2.05) is 0 Å². The number of hydrogen-bond donors (Lipinski definition) is 2. The number of carboxylic acid groups (broad SMARTS) is 1. The molecular weight excluding hydrogens is 288 g/mol. The van der Waals surface area contributed by atoms with E-state index >= 15 is 0 Å². The number of aromatic carboxylic acids is 1. The Balaban J connectivity index is 2.64. The van der Waals surface area contributed by atoms with Gasteiger partial charge in [0.2, 0.25) is 0 Å². The lowest BCUT2D eigenvalue weighted by molar-refractivity contribution is 0.0544. The van der Waals surface area contributed by atoms with Crippen molar-refractivity contribution in [2.45, 2.75) is 26.4 Å². The van der Waals surface area contributed by atoms with Gasteiger partial charge in [-0.3, -0.25) is 9.36 Å². The summed E-state index contributed by atoms with van der Waals surface area (Å²) in [5.74, 6) is -1.89. The van der Waals surface area contributed by atoms with Crippen LogP contribution in [0.4, 0.5) is 4.79 Å². The van der Waals surface area contributed by atoms with Crippen LogP contribution in [0.15, 0.2) is 24.4 Å². The van der Waals surface area contributed by atoms with Gasteiger partial charge in [0.25, 0.3) is 5.91 Å². The predicted molar refractivity (Wildman–Crippen MR) is 79.0 cm³/mol. The molecule has 7 heteroatoms. The van der Waals surface area contributed by atoms with Gasteiger partial charge in [-0.25, -0.2) is 9.59 Å². The Morgan fingerprint density at radius 2 is 1.86 bits per heavy atom. The highest BCUT2D eigenvalue weighted by atomic mass is 16.6. The van der Waals surface area contributed by atoms with Crippen molar-refractivity contribution in [2.75, 3.05) is 0 Å². The second-order valence-corrected chi connectivity index (χ2v) is 5.79. The molecule has 7 nitrogen and oxygen atoms in total. The lowest BCUT2D eigenvalue weighted by Crippen LogP contribution is -2.26. The summed E-state index contributed by atoms with van der Waals surface area (Å²) in [7, 11) is 0. The zero-order valence-corrected chi connectivity index (χ0v) is 12.4. The zero-order valence-electron chi connectivity index (χ0n) is 12.4. The molecule has 22 heavy (non-hydrogen) atoms. The van der Waals surface area contributed by atoms with Crippen molar-refractivity contribution in [3.8, 4) is 0 Å². The van der Waals surface area contributed by atoms with E-state index in [1.165, 1.54) is 24.4 Å². The van der Waals surface area contributed by atoms with Crippen LogP contribution in [0.3, 0.4) is 0 Å². The SMILES string of the molecule is CC(C)(C)OC(=O)n1cc(C(N)=O)c2cc(C(=O)O)ccc21. The third kappa shape index (κ3) is 2.93. The fraction of sp³-hybridized carbons (Fsp3) is 0.267. The largest absolute Gasteiger partial charge is 0.478 e. The van der Waals surface area contributed by atoms with Gasteiger partial charge < -0.3 is 15.6 Å². The van der Waals surface area contributed by atoms with Gasteiger partial charge in [0.1, 0.15) is 5.60 Å². The number of carboxylic acids is 1. The number of rotatable bonds is 2. The monoisotopic (exact) mass is 304 g/mol. The first kappa shape index (κ1) is 15.6. The van der Waals surface area contributed by atoms with Gasteiger partial charge in [-0.2, -0.15) is 0 Å². The summed E-state index contributed by atoms with van der Waals surface area (Å²) in [5, 5.41) is 9.32. The minimum absolute atomic E-state index is 0.00283. The van der Waals surface area contributed by atoms with E-state index in [-0.39, 0.29) is 11.1 Å². The van der Waals surface area contributed by atoms with Crippen molar-refractivity contribution in [3.05, 3.63) is 35.5 Å². The van der Waals surface area contributed by atoms with E-state index in [4.69, 9.17) is 15.6 Å². The summed E-state index contributed by atoms with van der Waals surface area (Å²) in [5.41, 5.74) is 5.00. The molecule has 0 radical (unpaired) electrons. The molecule has 0 aliphatic heterocycles. The minimum Gasteiger partial charge on any atom is -0.478 e. The first-order valence-electron chi connectivity index (χ1n) is 6.52. The number of nitrogens with two attached hydrogens (primary N) is 1. The second-order valence-electron chi connectivity index (χ2n) is 5.79. The van der Waals surface area contributed by atoms with Gasteiger partial charge >= 0.3 is 12.1 Å². The van der Waals surface area contributed by atoms with Gasteiger partial charge in [0, 0.05) is 11.6 Å². The fourth-order valence-electron chi connectivity index (χ4n) is 2.02. The quantitative estimate of drug-likeness (QED) is 0.883. The molecule has 0 aliphatic carbocycles. The number of amides is 1. The molecule has 0 bridgehead atoms. The van der Waals surface area contributed by atoms with Crippen LogP contribution in [0.5, 0.6) is 0 Å². The summed E-state index contributed by atoms with van der Waals surface area (Å²) < 4.78 is 6.40. The summed E-state index contributed by atoms with van der Waals surface area (Å²) in [6, 6.07) is 4.09. The van der Waals surface area contributed by atoms with Gasteiger partial charge in [-0.15, -0.1) is 0 Å². The third-order valence-electron chi connectivity index (χ3n) is 2.91. The number of ether oxygens (including phenoxy) is 1. The van der Waals surface area contributed by atoms with E-state index < -0.39 is 23.6 Å². The van der Waals surface area contributed by atoms with E-state index in [2.05, 4.69) is 0 Å². The Labute approximate surface area is 126 Å². The first-order valence-corrected chi connectivity index (χ1v) is 6.52. The summed E-state index contributed by atoms with van der Waals surface area (Å²) >= 11 is 0. The van der Waals surface area contributed by atoms with Crippen LogP contribution >= 0.6 is 0 Å². The number of aromatic nitrogens is 1. The Kier molecular flexibility index (Phi) is 3.66. The third-order valence-corrected chi connectivity index (χ3v) is 2.91. The molecule has 116 valence electrons. The maximum atomic E-state index is 12.2. The van der Waals surface area contributed by atoms with Crippen molar-refractivity contribution >= 4 is 28.9 Å². The Hall–Kier alpha value is -2.83. The molecule has 0 saturated carbocycles. The van der Waals surface area contributed by atoms with E-state index in [9.17, 15) is 14.4 Å². The molecule has 1 amide bonds. The molecule has 0 unspecified atom stereocenters. The number of nitrogens with zero attached hydrogens (tertiary/aromatic N) is 1. The highest BCUT2D eigenvalue weighted by Crippen LogP contribution is 2.24. The highest BCUT2D eigenvalue weighted by molar-refractivity contribution is 6.09. The van der Waals surface area contributed by atoms with Crippen LogP contribution in [-0.4, -0.2) is 33.2 Å². The number of carbonyl (C=O) groups is 3. The number of fused-ring (bicyclic) bond motifs is 1. The van der Waals surface area contributed by atoms with Crippen LogP contribution in [0.1, 0.15) is 41.5 Å². The lowest BCUT2D eigenvalue weighted by Gasteiger charge is -2.19. The highest BCUT2D eigenvalue weighted by Gasteiger charge is 2.22. The molecule has 0 atom stereocenters. The zero-order chi connectivity index (χ0) is 16.7. The predicted octanol–water partition coefficient (Wildman–Crippen LogP) is 2.22. The van der Waals surface area contributed by atoms with Gasteiger partial charge in [0.15, 0.2) is 0 Å². The number of primary amides is 1. The maximum absolute atomic E-state index is 12.2. The molecule has 2 rings (SSSR count). The molecular formula is C15H16N2O5. The van der Waals surface area contributed by atoms with Crippen molar-refractivity contribution in [1.82, 2.24) is 4.57 Å².